The van der Waals surface area contributed by atoms with Gasteiger partial charge in [-0.1, -0.05) is 0 Å². The Kier molecular flexibility index (Phi) is 6.42. The van der Waals surface area contributed by atoms with Gasteiger partial charge in [-0.15, -0.1) is 0 Å². The molecule has 3 aliphatic rings. The number of aryl methyl sites for hydroxylation is 1. The number of fused-ring (bicyclic) bond motifs is 4. The number of methoxy groups -OCH3 is 2. The predicted molar refractivity (Wildman–Crippen MR) is 169 cm³/mol. The van der Waals surface area contributed by atoms with Crippen molar-refractivity contribution in [2.45, 2.75) is 44.3 Å². The zero-order valence-electron chi connectivity index (χ0n) is 25.6. The van der Waals surface area contributed by atoms with E-state index in [1.54, 1.807) is 19.4 Å². The van der Waals surface area contributed by atoms with Gasteiger partial charge in [0.1, 0.15) is 22.6 Å². The molecule has 5 heterocycles. The molecule has 1 saturated heterocycles. The zero-order chi connectivity index (χ0) is 31.0. The molecule has 11 heteroatoms. The average Bonchev–Trinajstić information content (AvgIpc) is 3.47. The molecule has 8 rings (SSSR count). The van der Waals surface area contributed by atoms with Gasteiger partial charge in [-0.2, -0.15) is 0 Å². The summed E-state index contributed by atoms with van der Waals surface area (Å²) >= 11 is 0. The topological polar surface area (TPSA) is 130 Å². The van der Waals surface area contributed by atoms with Crippen molar-refractivity contribution in [1.29, 1.82) is 0 Å². The van der Waals surface area contributed by atoms with E-state index < -0.39 is 5.97 Å². The number of hydrogen-bond donors (Lipinski definition) is 1. The standard InChI is InChI=1S/C34H35N7O4/c1-39-30-25(12-22(14-28(30)44-2)33(42)41-17-21-8-11-26(41)29(21)35)38-32(39)27-13-19-6-9-23(37-31(19)40(27)16-18-4-5-18)20-7-10-24(36-15-20)34(43)45-3/h6-7,9-10,12-15,18,21,26,29H,4-5,8,11,16-17,35H2,1-3H3/t21-,26-,29-/m1/s1. The van der Waals surface area contributed by atoms with E-state index >= 15 is 0 Å². The van der Waals surface area contributed by atoms with Gasteiger partial charge in [-0.05, 0) is 80.0 Å². The first-order valence-electron chi connectivity index (χ1n) is 15.5. The highest BCUT2D eigenvalue weighted by molar-refractivity contribution is 6.00. The smallest absolute Gasteiger partial charge is 0.356 e. The molecule has 2 bridgehead atoms. The van der Waals surface area contributed by atoms with Crippen molar-refractivity contribution in [3.05, 3.63) is 59.9 Å². The zero-order valence-corrected chi connectivity index (χ0v) is 25.6. The summed E-state index contributed by atoms with van der Waals surface area (Å²) in [6.07, 6.45) is 6.06. The van der Waals surface area contributed by atoms with Crippen molar-refractivity contribution in [2.24, 2.45) is 24.6 Å². The molecule has 0 unspecified atom stereocenters. The normalized spacial score (nSPS) is 20.8. The number of piperidine rings is 1. The van der Waals surface area contributed by atoms with Crippen LogP contribution in [0.4, 0.5) is 0 Å². The van der Waals surface area contributed by atoms with E-state index in [-0.39, 0.29) is 23.7 Å². The highest BCUT2D eigenvalue weighted by Gasteiger charge is 2.47. The highest BCUT2D eigenvalue weighted by atomic mass is 16.5. The van der Waals surface area contributed by atoms with E-state index in [2.05, 4.69) is 21.7 Å². The molecular weight excluding hydrogens is 570 g/mol. The average molecular weight is 606 g/mol. The number of ether oxygens (including phenoxy) is 2. The summed E-state index contributed by atoms with van der Waals surface area (Å²) < 4.78 is 14.9. The fraction of sp³-hybridized carbons (Fsp3) is 0.382. The SMILES string of the molecule is COC(=O)c1ccc(-c2ccc3cc(-c4nc5cc(C(=O)N6C[C@H]7CC[C@@H]6[C@@H]7N)cc(OC)c5n4C)n(CC4CC4)c3n2)cn1. The lowest BCUT2D eigenvalue weighted by Crippen LogP contribution is -2.41. The van der Waals surface area contributed by atoms with Crippen LogP contribution in [0.15, 0.2) is 48.7 Å². The Morgan fingerprint density at radius 2 is 1.87 bits per heavy atom. The molecule has 0 radical (unpaired) electrons. The predicted octanol–water partition coefficient (Wildman–Crippen LogP) is 4.42. The monoisotopic (exact) mass is 605 g/mol. The number of amides is 1. The number of imidazole rings is 1. The van der Waals surface area contributed by atoms with Gasteiger partial charge in [-0.3, -0.25) is 4.79 Å². The first-order valence-corrected chi connectivity index (χ1v) is 15.5. The Labute approximate surface area is 260 Å². The number of carbonyl (C=O) groups excluding carboxylic acids is 2. The van der Waals surface area contributed by atoms with E-state index in [1.807, 2.05) is 40.8 Å². The summed E-state index contributed by atoms with van der Waals surface area (Å²) in [6, 6.07) is 13.5. The summed E-state index contributed by atoms with van der Waals surface area (Å²) in [5.41, 5.74) is 12.2. The Balaban J connectivity index is 1.21. The molecule has 0 spiro atoms. The van der Waals surface area contributed by atoms with Crippen LogP contribution in [0.1, 0.15) is 46.5 Å². The lowest BCUT2D eigenvalue weighted by atomic mass is 10.1. The van der Waals surface area contributed by atoms with E-state index in [0.717, 1.165) is 58.7 Å². The summed E-state index contributed by atoms with van der Waals surface area (Å²) in [6.45, 7) is 1.54. The third-order valence-electron chi connectivity index (χ3n) is 9.88. The maximum Gasteiger partial charge on any atom is 0.356 e. The van der Waals surface area contributed by atoms with Crippen LogP contribution < -0.4 is 10.5 Å². The molecule has 11 nitrogen and oxygen atoms in total. The summed E-state index contributed by atoms with van der Waals surface area (Å²) in [7, 11) is 4.96. The number of rotatable bonds is 7. The number of likely N-dealkylation sites (tertiary alicyclic amines) is 1. The van der Waals surface area contributed by atoms with Gasteiger partial charge in [0.25, 0.3) is 5.91 Å². The van der Waals surface area contributed by atoms with Gasteiger partial charge >= 0.3 is 5.97 Å². The maximum absolute atomic E-state index is 13.7. The van der Waals surface area contributed by atoms with E-state index in [4.69, 9.17) is 25.2 Å². The molecule has 1 amide bonds. The van der Waals surface area contributed by atoms with E-state index in [0.29, 0.717) is 35.2 Å². The van der Waals surface area contributed by atoms with Gasteiger partial charge in [0.15, 0.2) is 5.82 Å². The van der Waals surface area contributed by atoms with Crippen molar-refractivity contribution in [2.75, 3.05) is 20.8 Å². The number of esters is 1. The number of pyridine rings is 2. The summed E-state index contributed by atoms with van der Waals surface area (Å²) in [5.74, 6) is 1.86. The molecule has 4 aromatic heterocycles. The quantitative estimate of drug-likeness (QED) is 0.270. The molecule has 2 aliphatic carbocycles. The molecule has 3 fully saturated rings. The Bertz CT molecular complexity index is 1990. The number of nitrogens with zero attached hydrogens (tertiary/aromatic N) is 6. The molecule has 1 aromatic carbocycles. The van der Waals surface area contributed by atoms with Crippen LogP contribution in [0.5, 0.6) is 5.75 Å². The van der Waals surface area contributed by atoms with Crippen LogP contribution in [0.25, 0.3) is 44.8 Å². The first-order chi connectivity index (χ1) is 21.8. The van der Waals surface area contributed by atoms with Gasteiger partial charge in [0.05, 0.1) is 31.1 Å². The second-order valence-corrected chi connectivity index (χ2v) is 12.6. The highest BCUT2D eigenvalue weighted by Crippen LogP contribution is 2.40. The van der Waals surface area contributed by atoms with Crippen LogP contribution in [-0.2, 0) is 18.3 Å². The third-order valence-corrected chi connectivity index (χ3v) is 9.88. The third kappa shape index (κ3) is 4.48. The maximum atomic E-state index is 13.7. The lowest BCUT2D eigenvalue weighted by Gasteiger charge is -2.27. The molecule has 2 N–H and O–H groups in total. The van der Waals surface area contributed by atoms with Crippen LogP contribution in [0.3, 0.4) is 0 Å². The fourth-order valence-corrected chi connectivity index (χ4v) is 7.25. The number of hydrogen-bond acceptors (Lipinski definition) is 8. The van der Waals surface area contributed by atoms with Gasteiger partial charge in [0, 0.05) is 54.9 Å². The largest absolute Gasteiger partial charge is 0.494 e. The number of carbonyl (C=O) groups is 2. The van der Waals surface area contributed by atoms with Crippen molar-refractivity contribution < 1.29 is 19.1 Å². The fourth-order valence-electron chi connectivity index (χ4n) is 7.25. The molecule has 2 saturated carbocycles. The summed E-state index contributed by atoms with van der Waals surface area (Å²) in [5, 5.41) is 1.00. The number of nitrogens with two attached hydrogens (primary N) is 1. The van der Waals surface area contributed by atoms with Gasteiger partial charge in [0.2, 0.25) is 0 Å². The Morgan fingerprint density at radius 3 is 2.53 bits per heavy atom. The van der Waals surface area contributed by atoms with Crippen LogP contribution in [-0.4, -0.2) is 73.7 Å². The van der Waals surface area contributed by atoms with Crippen molar-refractivity contribution in [3.8, 4) is 28.5 Å². The van der Waals surface area contributed by atoms with Crippen molar-refractivity contribution in [1.82, 2.24) is 29.0 Å². The van der Waals surface area contributed by atoms with E-state index in [1.165, 1.54) is 20.0 Å². The molecule has 3 atom stereocenters. The summed E-state index contributed by atoms with van der Waals surface area (Å²) in [4.78, 5) is 42.0. The minimum atomic E-state index is -0.476. The first kappa shape index (κ1) is 27.8. The van der Waals surface area contributed by atoms with Gasteiger partial charge in [-0.25, -0.2) is 19.7 Å². The Morgan fingerprint density at radius 1 is 1.02 bits per heavy atom. The molecule has 1 aliphatic heterocycles. The van der Waals surface area contributed by atoms with Crippen LogP contribution in [0.2, 0.25) is 0 Å². The molecular formula is C34H35N7O4. The van der Waals surface area contributed by atoms with Gasteiger partial charge < -0.3 is 29.2 Å². The van der Waals surface area contributed by atoms with Crippen LogP contribution in [0, 0.1) is 11.8 Å². The molecule has 45 heavy (non-hydrogen) atoms. The molecule has 5 aromatic rings. The Hall–Kier alpha value is -4.77. The minimum Gasteiger partial charge on any atom is -0.494 e. The van der Waals surface area contributed by atoms with Crippen LogP contribution >= 0.6 is 0 Å². The van der Waals surface area contributed by atoms with E-state index in [9.17, 15) is 9.59 Å². The number of aromatic nitrogens is 5. The number of benzene rings is 1. The van der Waals surface area contributed by atoms with Crippen molar-refractivity contribution >= 4 is 33.9 Å². The lowest BCUT2D eigenvalue weighted by molar-refractivity contribution is 0.0593. The minimum absolute atomic E-state index is 0.0151. The molecule has 230 valence electrons. The second-order valence-electron chi connectivity index (χ2n) is 12.6. The second kappa shape index (κ2) is 10.4. The van der Waals surface area contributed by atoms with Crippen molar-refractivity contribution in [3.63, 3.8) is 0 Å².